The van der Waals surface area contributed by atoms with Crippen LogP contribution >= 0.6 is 34.7 Å². The predicted octanol–water partition coefficient (Wildman–Crippen LogP) is 9.12. The van der Waals surface area contributed by atoms with Crippen molar-refractivity contribution in [2.75, 3.05) is 31.0 Å². The minimum absolute atomic E-state index is 0.0308. The zero-order valence-electron chi connectivity index (χ0n) is 42.4. The Bertz CT molecular complexity index is 4900. The first kappa shape index (κ1) is 64.3. The number of aryl methyl sites for hydroxylation is 1. The maximum atomic E-state index is 12.4. The van der Waals surface area contributed by atoms with Crippen LogP contribution in [0.5, 0.6) is 17.4 Å². The van der Waals surface area contributed by atoms with Crippen molar-refractivity contribution in [3.8, 4) is 23.4 Å². The Morgan fingerprint density at radius 1 is 0.726 bits per heavy atom. The number of methoxy groups -OCH3 is 1. The molecule has 6 N–H and O–H groups in total. The van der Waals surface area contributed by atoms with Gasteiger partial charge in [0.2, 0.25) is 11.0 Å². The molecule has 0 atom stereocenters. The summed E-state index contributed by atoms with van der Waals surface area (Å²) >= 11 is 8.50. The van der Waals surface area contributed by atoms with Crippen LogP contribution in [0.25, 0.3) is 37.7 Å². The van der Waals surface area contributed by atoms with Crippen molar-refractivity contribution in [3.63, 3.8) is 0 Å². The third-order valence-corrected chi connectivity index (χ3v) is 18.0. The molecule has 8 rings (SSSR count). The summed E-state index contributed by atoms with van der Waals surface area (Å²) in [5, 5.41) is 47.6. The normalized spacial score (nSPS) is 12.7. The van der Waals surface area contributed by atoms with Gasteiger partial charge in [-0.15, -0.1) is 50.0 Å². The number of aromatic nitrogens is 3. The molecule has 0 unspecified atom stereocenters. The van der Waals surface area contributed by atoms with Crippen molar-refractivity contribution < 1.29 is 92.1 Å². The van der Waals surface area contributed by atoms with Crippen molar-refractivity contribution in [1.82, 2.24) is 14.4 Å². The fourth-order valence-electron chi connectivity index (χ4n) is 7.69. The van der Waals surface area contributed by atoms with E-state index in [1.54, 1.807) is 6.92 Å². The Morgan fingerprint density at radius 3 is 1.98 bits per heavy atom. The summed E-state index contributed by atoms with van der Waals surface area (Å²) in [5.74, 6) is -2.22. The van der Waals surface area contributed by atoms with Crippen LogP contribution in [-0.4, -0.2) is 128 Å². The molecule has 0 saturated heterocycles. The number of ether oxygens (including phenoxy) is 2. The molecule has 40 heteroatoms. The van der Waals surface area contributed by atoms with Crippen LogP contribution < -0.4 is 9.47 Å². The predicted molar refractivity (Wildman–Crippen MR) is 300 cm³/mol. The van der Waals surface area contributed by atoms with Gasteiger partial charge in [0.1, 0.15) is 55.5 Å². The highest BCUT2D eigenvalue weighted by Gasteiger charge is 2.26. The molecular formula is C44H37ClN10O21S8. The molecule has 84 heavy (non-hydrogen) atoms. The summed E-state index contributed by atoms with van der Waals surface area (Å²) < 4.78 is 205. The Labute approximate surface area is 489 Å². The average Bonchev–Trinajstić information content (AvgIpc) is 1.70. The highest BCUT2D eigenvalue weighted by Crippen LogP contribution is 2.45. The first-order chi connectivity index (χ1) is 39.1. The summed E-state index contributed by atoms with van der Waals surface area (Å²) in [6.45, 7) is 2.71. The maximum absolute atomic E-state index is 12.4. The van der Waals surface area contributed by atoms with Crippen molar-refractivity contribution >= 4 is 167 Å². The van der Waals surface area contributed by atoms with Crippen molar-refractivity contribution in [3.05, 3.63) is 82.4 Å². The topological polar surface area (TPSA) is 490 Å². The molecule has 3 aromatic heterocycles. The van der Waals surface area contributed by atoms with Gasteiger partial charge in [-0.1, -0.05) is 29.0 Å². The van der Waals surface area contributed by atoms with Crippen molar-refractivity contribution in [2.45, 2.75) is 46.3 Å². The molecule has 0 amide bonds. The molecule has 3 heterocycles. The summed E-state index contributed by atoms with van der Waals surface area (Å²) in [6.07, 6.45) is -0.255. The van der Waals surface area contributed by atoms with E-state index in [0.717, 1.165) is 58.9 Å². The number of nitrogens with zero attached hydrogens (tertiary/aromatic N) is 10. The van der Waals surface area contributed by atoms with Crippen LogP contribution in [0.2, 0.25) is 5.02 Å². The molecule has 0 spiro atoms. The number of azo groups is 3. The fourth-order valence-corrected chi connectivity index (χ4v) is 12.8. The van der Waals surface area contributed by atoms with Gasteiger partial charge in [0, 0.05) is 28.0 Å². The van der Waals surface area contributed by atoms with E-state index >= 15 is 0 Å². The van der Waals surface area contributed by atoms with E-state index in [4.69, 9.17) is 33.7 Å². The number of hydrogen-bond acceptors (Lipinski definition) is 27. The van der Waals surface area contributed by atoms with Gasteiger partial charge >= 0.3 is 10.6 Å². The smallest absolute Gasteiger partial charge is 0.425 e. The van der Waals surface area contributed by atoms with E-state index in [-0.39, 0.29) is 129 Å². The molecular weight excluding hydrogens is 1300 g/mol. The second-order valence-corrected chi connectivity index (χ2v) is 27.3. The molecule has 0 saturated carbocycles. The van der Waals surface area contributed by atoms with Crippen LogP contribution in [0.4, 0.5) is 33.6 Å². The zero-order valence-corrected chi connectivity index (χ0v) is 49.7. The van der Waals surface area contributed by atoms with Crippen LogP contribution in [-0.2, 0) is 61.2 Å². The van der Waals surface area contributed by atoms with E-state index in [1.807, 2.05) is 6.07 Å². The van der Waals surface area contributed by atoms with Crippen LogP contribution in [0.15, 0.2) is 111 Å². The van der Waals surface area contributed by atoms with Gasteiger partial charge in [0.15, 0.2) is 11.3 Å². The quantitative estimate of drug-likeness (QED) is 0.0179. The second kappa shape index (κ2) is 25.1. The highest BCUT2D eigenvalue weighted by atomic mass is 35.5. The number of aromatic hydroxyl groups is 1. The number of halogens is 1. The lowest BCUT2D eigenvalue weighted by atomic mass is 10.1. The van der Waals surface area contributed by atoms with E-state index < -0.39 is 93.3 Å². The molecule has 0 aliphatic heterocycles. The number of rotatable bonds is 20. The number of thioether (sulfide) groups is 1. The van der Waals surface area contributed by atoms with Crippen molar-refractivity contribution in [2.24, 2.45) is 30.7 Å². The Balaban J connectivity index is 0.00000245. The molecule has 0 radical (unpaired) electrons. The maximum Gasteiger partial charge on any atom is 0.425 e. The Morgan fingerprint density at radius 2 is 1.36 bits per heavy atom. The number of thiazole rings is 1. The van der Waals surface area contributed by atoms with Gasteiger partial charge in [-0.2, -0.15) is 52.5 Å². The average molecular weight is 1330 g/mol. The lowest BCUT2D eigenvalue weighted by molar-refractivity contribution is 0.317. The number of benzene rings is 5. The van der Waals surface area contributed by atoms with Gasteiger partial charge in [0.25, 0.3) is 50.6 Å². The molecule has 5 aromatic carbocycles. The Hall–Kier alpha value is -7.30. The van der Waals surface area contributed by atoms with E-state index in [0.29, 0.717) is 5.56 Å². The number of hydrogen-bond donors (Lipinski definition) is 6. The van der Waals surface area contributed by atoms with E-state index in [2.05, 4.69) is 40.7 Å². The van der Waals surface area contributed by atoms with Gasteiger partial charge in [0.05, 0.1) is 56.6 Å². The minimum atomic E-state index is -4.91. The lowest BCUT2D eigenvalue weighted by Crippen LogP contribution is -2.08. The molecule has 444 valence electrons. The number of nitriles is 1. The molecule has 0 aliphatic rings. The number of imidazole rings is 1. The minimum Gasteiger partial charge on any atom is -0.495 e. The third-order valence-electron chi connectivity index (χ3n) is 11.4. The van der Waals surface area contributed by atoms with Gasteiger partial charge < -0.3 is 14.6 Å². The molecule has 0 bridgehead atoms. The molecule has 8 aromatic rings. The molecule has 0 aliphatic carbocycles. The monoisotopic (exact) mass is 1330 g/mol. The largest absolute Gasteiger partial charge is 0.495 e. The highest BCUT2D eigenvalue weighted by molar-refractivity contribution is 7.99. The Kier molecular flexibility index (Phi) is 19.2. The zero-order chi connectivity index (χ0) is 62.0. The van der Waals surface area contributed by atoms with Gasteiger partial charge in [-0.05, 0) is 85.9 Å². The summed E-state index contributed by atoms with van der Waals surface area (Å²) in [6, 6.07) is 14.0. The summed E-state index contributed by atoms with van der Waals surface area (Å²) in [7, 11) is -25.1. The fraction of sp³-hybridized carbons (Fsp3) is 0.205. The van der Waals surface area contributed by atoms with E-state index in [9.17, 15) is 75.2 Å². The lowest BCUT2D eigenvalue weighted by Gasteiger charge is -2.12. The first-order valence-electron chi connectivity index (χ1n) is 22.7. The summed E-state index contributed by atoms with van der Waals surface area (Å²) in [5.41, 5.74) is -0.232. The van der Waals surface area contributed by atoms with Gasteiger partial charge in [-0.3, -0.25) is 27.2 Å². The van der Waals surface area contributed by atoms with Crippen LogP contribution in [0, 0.1) is 25.2 Å². The summed E-state index contributed by atoms with van der Waals surface area (Å²) in [4.78, 5) is 7.05. The van der Waals surface area contributed by atoms with Crippen molar-refractivity contribution in [1.29, 1.82) is 5.26 Å². The number of pyridine rings is 1. The SMILES string of the molecule is COc1cc2c(cc1S(=O)(=O)O)nc1c(C#N)c(C)c(N=Nc3cc(C)c(N=Nc4cc(Cl)c(N=Nc5nc6c(S(=O)(=O)O)cc7ccc(S(=O)(=O)O)cc7c6s5)cc4SCCCS(=O)(=O)O)cc3OCCCS(=O)(=O)O)c(O)n12.O=S(=O)=O. The standard InChI is InChI=1S/C44H37ClN10O18S7.O3S/c1-21-12-31(51-53-39-22(2)26(20-46)42-47-30-18-37(79(66,67)68)35(72-3)19-33(30)55(42)43(39)56)34(73-8-4-10-76(57,58)59)16-28(21)49-52-32-15-27(45)29(17-36(32)74-9-5-11-77(60,61)62)50-54-44-48-40-38(80(69,70)71)13-23-6-7-24(78(63,64)65)14-25(23)41(40)75-44;1-4(2)3/h6-7,12-19,56H,4-5,8-11H2,1-3H3,(H,57,58,59)(H,60,61,62)(H,63,64,65)(H,66,67,68)(H,69,70,71);. The second-order valence-electron chi connectivity index (χ2n) is 17.1. The van der Waals surface area contributed by atoms with Gasteiger partial charge in [-0.25, -0.2) is 9.97 Å². The van der Waals surface area contributed by atoms with Crippen LogP contribution in [0.3, 0.4) is 0 Å². The molecule has 31 nitrogen and oxygen atoms in total. The number of fused-ring (bicyclic) bond motifs is 6. The first-order valence-corrected chi connectivity index (χ1v) is 33.4. The third kappa shape index (κ3) is 15.3. The van der Waals surface area contributed by atoms with Crippen LogP contribution in [0.1, 0.15) is 29.5 Å². The van der Waals surface area contributed by atoms with E-state index in [1.165, 1.54) is 43.3 Å². The molecule has 0 fully saturated rings.